The fourth-order valence-electron chi connectivity index (χ4n) is 1.56. The van der Waals surface area contributed by atoms with E-state index in [2.05, 4.69) is 4.98 Å². The zero-order chi connectivity index (χ0) is 10.2. The lowest BCUT2D eigenvalue weighted by Crippen LogP contribution is -2.36. The molecule has 1 rings (SSSR count). The van der Waals surface area contributed by atoms with E-state index in [4.69, 9.17) is 0 Å². The Bertz CT molecular complexity index is 371. The van der Waals surface area contributed by atoms with Gasteiger partial charge in [-0.2, -0.15) is 0 Å². The molecule has 0 spiro atoms. The summed E-state index contributed by atoms with van der Waals surface area (Å²) in [7, 11) is 0. The highest BCUT2D eigenvalue weighted by Gasteiger charge is 2.17. The van der Waals surface area contributed by atoms with Crippen LogP contribution in [-0.2, 0) is 5.54 Å². The normalized spacial score (nSPS) is 11.8. The van der Waals surface area contributed by atoms with Crippen LogP contribution in [0.3, 0.4) is 0 Å². The van der Waals surface area contributed by atoms with E-state index < -0.39 is 0 Å². The zero-order valence-corrected chi connectivity index (χ0v) is 8.88. The van der Waals surface area contributed by atoms with Crippen molar-refractivity contribution in [2.24, 2.45) is 0 Å². The number of nitrogens with zero attached hydrogens (tertiary/aromatic N) is 2. The van der Waals surface area contributed by atoms with E-state index in [1.165, 1.54) is 0 Å². The van der Waals surface area contributed by atoms with Crippen LogP contribution in [0.25, 0.3) is 0 Å². The predicted molar refractivity (Wildman–Crippen MR) is 53.0 cm³/mol. The molecule has 0 aromatic carbocycles. The van der Waals surface area contributed by atoms with Gasteiger partial charge in [0.1, 0.15) is 5.82 Å². The van der Waals surface area contributed by atoms with Crippen molar-refractivity contribution in [1.82, 2.24) is 9.55 Å². The van der Waals surface area contributed by atoms with Crippen LogP contribution in [0.4, 0.5) is 0 Å². The molecule has 1 aromatic heterocycles. The second kappa shape index (κ2) is 2.98. The summed E-state index contributed by atoms with van der Waals surface area (Å²) < 4.78 is 1.71. The van der Waals surface area contributed by atoms with Gasteiger partial charge in [0.05, 0.1) is 0 Å². The summed E-state index contributed by atoms with van der Waals surface area (Å²) in [6, 6.07) is 1.57. The van der Waals surface area contributed by atoms with Crippen LogP contribution in [0.1, 0.15) is 32.3 Å². The van der Waals surface area contributed by atoms with Gasteiger partial charge in [0.2, 0.25) is 0 Å². The summed E-state index contributed by atoms with van der Waals surface area (Å²) in [5.41, 5.74) is 0.613. The maximum Gasteiger partial charge on any atom is 0.254 e. The van der Waals surface area contributed by atoms with Crippen LogP contribution in [0.5, 0.6) is 0 Å². The number of hydrogen-bond donors (Lipinski definition) is 0. The van der Waals surface area contributed by atoms with Gasteiger partial charge in [-0.1, -0.05) is 0 Å². The third kappa shape index (κ3) is 1.97. The molecule has 0 aliphatic heterocycles. The summed E-state index contributed by atoms with van der Waals surface area (Å²) in [4.78, 5) is 15.9. The molecule has 0 saturated heterocycles. The van der Waals surface area contributed by atoms with Gasteiger partial charge in [0, 0.05) is 17.3 Å². The molecular formula is C10H16N2O. The molecule has 0 unspecified atom stereocenters. The van der Waals surface area contributed by atoms with Crippen molar-refractivity contribution in [3.8, 4) is 0 Å². The third-order valence-electron chi connectivity index (χ3n) is 1.89. The standard InChI is InChI=1S/C10H16N2O/c1-7-6-9(13)12(8(2)11-7)10(3,4)5/h6H,1-5H3. The fraction of sp³-hybridized carbons (Fsp3) is 0.600. The Morgan fingerprint density at radius 1 is 1.31 bits per heavy atom. The highest BCUT2D eigenvalue weighted by Crippen LogP contribution is 2.12. The van der Waals surface area contributed by atoms with Gasteiger partial charge in [-0.3, -0.25) is 9.36 Å². The average molecular weight is 180 g/mol. The van der Waals surface area contributed by atoms with Crippen LogP contribution in [0.15, 0.2) is 10.9 Å². The maximum absolute atomic E-state index is 11.6. The van der Waals surface area contributed by atoms with Crippen molar-refractivity contribution in [1.29, 1.82) is 0 Å². The van der Waals surface area contributed by atoms with Gasteiger partial charge in [0.25, 0.3) is 5.56 Å². The van der Waals surface area contributed by atoms with Crippen LogP contribution < -0.4 is 5.56 Å². The molecular weight excluding hydrogens is 164 g/mol. The Kier molecular flexibility index (Phi) is 2.28. The van der Waals surface area contributed by atoms with Gasteiger partial charge in [-0.15, -0.1) is 0 Å². The number of hydrogen-bond acceptors (Lipinski definition) is 2. The number of aryl methyl sites for hydroxylation is 2. The quantitative estimate of drug-likeness (QED) is 0.608. The lowest BCUT2D eigenvalue weighted by molar-refractivity contribution is 0.368. The molecule has 3 nitrogen and oxygen atoms in total. The van der Waals surface area contributed by atoms with Crippen LogP contribution in [0, 0.1) is 13.8 Å². The Labute approximate surface area is 78.4 Å². The summed E-state index contributed by atoms with van der Waals surface area (Å²) >= 11 is 0. The molecule has 1 aromatic rings. The van der Waals surface area contributed by atoms with Crippen LogP contribution in [0.2, 0.25) is 0 Å². The maximum atomic E-state index is 11.6. The molecule has 13 heavy (non-hydrogen) atoms. The van der Waals surface area contributed by atoms with Crippen molar-refractivity contribution in [3.63, 3.8) is 0 Å². The summed E-state index contributed by atoms with van der Waals surface area (Å²) in [5.74, 6) is 0.775. The molecule has 0 atom stereocenters. The second-order valence-electron chi connectivity index (χ2n) is 4.29. The second-order valence-corrected chi connectivity index (χ2v) is 4.29. The highest BCUT2D eigenvalue weighted by atomic mass is 16.1. The van der Waals surface area contributed by atoms with Gasteiger partial charge >= 0.3 is 0 Å². The van der Waals surface area contributed by atoms with Crippen molar-refractivity contribution >= 4 is 0 Å². The Balaban J connectivity index is 3.47. The SMILES string of the molecule is Cc1cc(=O)n(C(C)(C)C)c(C)n1. The first-order valence-electron chi connectivity index (χ1n) is 4.40. The number of aromatic nitrogens is 2. The molecule has 3 heteroatoms. The molecule has 0 radical (unpaired) electrons. The monoisotopic (exact) mass is 180 g/mol. The topological polar surface area (TPSA) is 34.9 Å². The summed E-state index contributed by atoms with van der Waals surface area (Å²) in [6.07, 6.45) is 0. The van der Waals surface area contributed by atoms with Crippen LogP contribution in [-0.4, -0.2) is 9.55 Å². The van der Waals surface area contributed by atoms with Gasteiger partial charge in [0.15, 0.2) is 0 Å². The molecule has 0 fully saturated rings. The first-order chi connectivity index (χ1) is 5.82. The average Bonchev–Trinajstić information content (AvgIpc) is 1.78. The van der Waals surface area contributed by atoms with E-state index in [0.717, 1.165) is 11.5 Å². The summed E-state index contributed by atoms with van der Waals surface area (Å²) in [5, 5.41) is 0. The molecule has 0 aliphatic carbocycles. The zero-order valence-electron chi connectivity index (χ0n) is 8.88. The van der Waals surface area contributed by atoms with E-state index in [1.807, 2.05) is 34.6 Å². The fourth-order valence-corrected chi connectivity index (χ4v) is 1.56. The lowest BCUT2D eigenvalue weighted by atomic mass is 10.1. The first kappa shape index (κ1) is 9.96. The highest BCUT2D eigenvalue weighted by molar-refractivity contribution is 5.04. The van der Waals surface area contributed by atoms with E-state index in [-0.39, 0.29) is 11.1 Å². The summed E-state index contributed by atoms with van der Waals surface area (Å²) in [6.45, 7) is 9.69. The minimum Gasteiger partial charge on any atom is -0.292 e. The molecule has 0 aliphatic rings. The molecule has 0 amide bonds. The van der Waals surface area contributed by atoms with E-state index >= 15 is 0 Å². The number of rotatable bonds is 0. The van der Waals surface area contributed by atoms with Crippen molar-refractivity contribution in [3.05, 3.63) is 27.9 Å². The van der Waals surface area contributed by atoms with Gasteiger partial charge in [-0.05, 0) is 34.6 Å². The van der Waals surface area contributed by atoms with E-state index in [0.29, 0.717) is 0 Å². The van der Waals surface area contributed by atoms with Gasteiger partial charge < -0.3 is 0 Å². The van der Waals surface area contributed by atoms with E-state index in [9.17, 15) is 4.79 Å². The predicted octanol–water partition coefficient (Wildman–Crippen LogP) is 1.62. The molecule has 0 saturated carbocycles. The minimum atomic E-state index is -0.193. The van der Waals surface area contributed by atoms with E-state index in [1.54, 1.807) is 10.6 Å². The largest absolute Gasteiger partial charge is 0.292 e. The van der Waals surface area contributed by atoms with Gasteiger partial charge in [-0.25, -0.2) is 4.98 Å². The molecule has 72 valence electrons. The first-order valence-corrected chi connectivity index (χ1v) is 4.40. The van der Waals surface area contributed by atoms with Crippen molar-refractivity contribution in [2.75, 3.05) is 0 Å². The van der Waals surface area contributed by atoms with Crippen molar-refractivity contribution < 1.29 is 0 Å². The third-order valence-corrected chi connectivity index (χ3v) is 1.89. The Morgan fingerprint density at radius 2 is 1.85 bits per heavy atom. The van der Waals surface area contributed by atoms with Crippen LogP contribution >= 0.6 is 0 Å². The Hall–Kier alpha value is -1.12. The molecule has 0 bridgehead atoms. The van der Waals surface area contributed by atoms with Crippen molar-refractivity contribution in [2.45, 2.75) is 40.2 Å². The lowest BCUT2D eigenvalue weighted by Gasteiger charge is -2.24. The molecule has 0 N–H and O–H groups in total. The smallest absolute Gasteiger partial charge is 0.254 e. The minimum absolute atomic E-state index is 0.0255. The Morgan fingerprint density at radius 3 is 2.23 bits per heavy atom. The molecule has 1 heterocycles.